The number of benzene rings is 1. The van der Waals surface area contributed by atoms with Crippen molar-refractivity contribution in [2.75, 3.05) is 0 Å². The van der Waals surface area contributed by atoms with E-state index in [2.05, 4.69) is 58.9 Å². The summed E-state index contributed by atoms with van der Waals surface area (Å²) < 4.78 is 0. The van der Waals surface area contributed by atoms with Gasteiger partial charge in [-0.05, 0) is 85.6 Å². The van der Waals surface area contributed by atoms with Crippen molar-refractivity contribution in [3.05, 3.63) is 56.3 Å². The second-order valence-corrected chi connectivity index (χ2v) is 10.4. The van der Waals surface area contributed by atoms with Crippen LogP contribution in [-0.4, -0.2) is 22.3 Å². The zero-order valence-corrected chi connectivity index (χ0v) is 19.5. The van der Waals surface area contributed by atoms with Crippen LogP contribution in [0.15, 0.2) is 24.3 Å². The molecule has 2 aromatic rings. The lowest BCUT2D eigenvalue weighted by atomic mass is 9.85. The van der Waals surface area contributed by atoms with Gasteiger partial charge in [0.15, 0.2) is 0 Å². The summed E-state index contributed by atoms with van der Waals surface area (Å²) in [5.41, 5.74) is 4.71. The van der Waals surface area contributed by atoms with Crippen LogP contribution in [-0.2, 0) is 12.8 Å². The number of hydrogen-bond donors (Lipinski definition) is 2. The molecule has 1 aromatic heterocycles. The van der Waals surface area contributed by atoms with Crippen molar-refractivity contribution in [2.24, 2.45) is 5.41 Å². The number of aliphatic hydroxyl groups excluding tert-OH is 1. The van der Waals surface area contributed by atoms with Gasteiger partial charge in [-0.25, -0.2) is 4.79 Å². The van der Waals surface area contributed by atoms with Gasteiger partial charge in [0, 0.05) is 4.88 Å². The second kappa shape index (κ2) is 9.90. The zero-order chi connectivity index (χ0) is 21.8. The monoisotopic (exact) mass is 416 g/mol. The molecule has 0 saturated heterocycles. The lowest BCUT2D eigenvalue weighted by Crippen LogP contribution is -2.26. The standard InChI is InChI=1S/C25H36O3S/c1-7-19(21-15-17(3)23(29-21)24(27)28)10-8-18-9-11-20(16(2)14-18)12-13-22(26)25(4,5)6/h9,11,14-15,19,22,26H,7-8,10,12-13H2,1-6H3,(H,27,28). The Labute approximate surface area is 179 Å². The largest absolute Gasteiger partial charge is 0.477 e. The molecule has 29 heavy (non-hydrogen) atoms. The SMILES string of the molecule is CCC(CCc1ccc(CCC(O)C(C)(C)C)c(C)c1)c1cc(C)c(C(=O)O)s1. The third-order valence-corrected chi connectivity index (χ3v) is 7.29. The van der Waals surface area contributed by atoms with E-state index in [4.69, 9.17) is 0 Å². The van der Waals surface area contributed by atoms with Crippen LogP contribution in [0, 0.1) is 19.3 Å². The molecule has 0 bridgehead atoms. The molecule has 2 atom stereocenters. The molecule has 0 radical (unpaired) electrons. The first-order valence-electron chi connectivity index (χ1n) is 10.6. The van der Waals surface area contributed by atoms with Gasteiger partial charge in [0.05, 0.1) is 6.10 Å². The maximum absolute atomic E-state index is 11.3. The van der Waals surface area contributed by atoms with Gasteiger partial charge in [-0.3, -0.25) is 0 Å². The van der Waals surface area contributed by atoms with Crippen LogP contribution >= 0.6 is 11.3 Å². The fraction of sp³-hybridized carbons (Fsp3) is 0.560. The molecule has 0 aliphatic rings. The third-order valence-electron chi connectivity index (χ3n) is 5.90. The van der Waals surface area contributed by atoms with Gasteiger partial charge in [-0.1, -0.05) is 45.9 Å². The topological polar surface area (TPSA) is 57.5 Å². The molecule has 3 nitrogen and oxygen atoms in total. The van der Waals surface area contributed by atoms with Crippen molar-refractivity contribution in [3.63, 3.8) is 0 Å². The summed E-state index contributed by atoms with van der Waals surface area (Å²) in [5, 5.41) is 19.6. The summed E-state index contributed by atoms with van der Waals surface area (Å²) in [6.45, 7) is 12.4. The molecular formula is C25H36O3S. The molecule has 1 aromatic carbocycles. The number of carboxylic acid groups (broad SMARTS) is 1. The summed E-state index contributed by atoms with van der Waals surface area (Å²) in [7, 11) is 0. The predicted octanol–water partition coefficient (Wildman–Crippen LogP) is 6.53. The molecular weight excluding hydrogens is 380 g/mol. The summed E-state index contributed by atoms with van der Waals surface area (Å²) in [6.07, 6.45) is 4.41. The fourth-order valence-corrected chi connectivity index (χ4v) is 4.96. The maximum Gasteiger partial charge on any atom is 0.346 e. The van der Waals surface area contributed by atoms with E-state index in [-0.39, 0.29) is 11.5 Å². The van der Waals surface area contributed by atoms with Gasteiger partial charge < -0.3 is 10.2 Å². The van der Waals surface area contributed by atoms with Crippen LogP contribution in [0.2, 0.25) is 0 Å². The van der Waals surface area contributed by atoms with Crippen molar-refractivity contribution in [1.29, 1.82) is 0 Å². The van der Waals surface area contributed by atoms with Crippen molar-refractivity contribution < 1.29 is 15.0 Å². The van der Waals surface area contributed by atoms with Crippen molar-refractivity contribution >= 4 is 17.3 Å². The number of carboxylic acids is 1. The highest BCUT2D eigenvalue weighted by Crippen LogP contribution is 2.33. The van der Waals surface area contributed by atoms with Gasteiger partial charge in [-0.15, -0.1) is 11.3 Å². The molecule has 4 heteroatoms. The van der Waals surface area contributed by atoms with Crippen LogP contribution in [0.4, 0.5) is 0 Å². The molecule has 2 N–H and O–H groups in total. The Morgan fingerprint density at radius 2 is 1.76 bits per heavy atom. The van der Waals surface area contributed by atoms with E-state index in [9.17, 15) is 15.0 Å². The molecule has 2 unspecified atom stereocenters. The van der Waals surface area contributed by atoms with Crippen LogP contribution in [0.1, 0.15) is 89.7 Å². The van der Waals surface area contributed by atoms with E-state index in [1.807, 2.05) is 6.92 Å². The van der Waals surface area contributed by atoms with Crippen molar-refractivity contribution in [1.82, 2.24) is 0 Å². The lowest BCUT2D eigenvalue weighted by molar-refractivity contribution is 0.0559. The maximum atomic E-state index is 11.3. The number of aliphatic hydroxyl groups is 1. The molecule has 0 fully saturated rings. The predicted molar refractivity (Wildman–Crippen MR) is 122 cm³/mol. The Kier molecular flexibility index (Phi) is 8.07. The number of hydrogen-bond acceptors (Lipinski definition) is 3. The smallest absolute Gasteiger partial charge is 0.346 e. The first-order chi connectivity index (χ1) is 13.5. The molecule has 0 aliphatic heterocycles. The van der Waals surface area contributed by atoms with E-state index >= 15 is 0 Å². The first-order valence-corrected chi connectivity index (χ1v) is 11.4. The molecule has 0 saturated carbocycles. The highest BCUT2D eigenvalue weighted by molar-refractivity contribution is 7.14. The molecule has 0 aliphatic carbocycles. The van der Waals surface area contributed by atoms with Crippen molar-refractivity contribution in [3.8, 4) is 0 Å². The highest BCUT2D eigenvalue weighted by atomic mass is 32.1. The molecule has 1 heterocycles. The van der Waals surface area contributed by atoms with Gasteiger partial charge in [-0.2, -0.15) is 0 Å². The van der Waals surface area contributed by atoms with Crippen LogP contribution in [0.25, 0.3) is 0 Å². The third kappa shape index (κ3) is 6.42. The lowest BCUT2D eigenvalue weighted by Gasteiger charge is -2.26. The Morgan fingerprint density at radius 3 is 2.28 bits per heavy atom. The minimum atomic E-state index is -0.823. The quantitative estimate of drug-likeness (QED) is 0.488. The number of aryl methyl sites for hydroxylation is 4. The number of aromatic carboxylic acids is 1. The average Bonchev–Trinajstić information content (AvgIpc) is 3.02. The minimum absolute atomic E-state index is 0.0797. The Balaban J connectivity index is 2.00. The van der Waals surface area contributed by atoms with Crippen LogP contribution in [0.5, 0.6) is 0 Å². The molecule has 0 spiro atoms. The van der Waals surface area contributed by atoms with E-state index in [1.54, 1.807) is 0 Å². The second-order valence-electron chi connectivity index (χ2n) is 9.29. The van der Waals surface area contributed by atoms with Gasteiger partial charge in [0.1, 0.15) is 4.88 Å². The normalized spacial score (nSPS) is 14.0. The Bertz CT molecular complexity index is 829. The summed E-state index contributed by atoms with van der Waals surface area (Å²) in [6, 6.07) is 8.74. The van der Waals surface area contributed by atoms with Crippen LogP contribution in [0.3, 0.4) is 0 Å². The summed E-state index contributed by atoms with van der Waals surface area (Å²) in [4.78, 5) is 13.0. The average molecular weight is 417 g/mol. The van der Waals surface area contributed by atoms with Gasteiger partial charge >= 0.3 is 5.97 Å². The number of thiophene rings is 1. The van der Waals surface area contributed by atoms with Gasteiger partial charge in [0.25, 0.3) is 0 Å². The first kappa shape index (κ1) is 23.6. The highest BCUT2D eigenvalue weighted by Gasteiger charge is 2.22. The molecule has 2 rings (SSSR count). The van der Waals surface area contributed by atoms with Crippen LogP contribution < -0.4 is 0 Å². The molecule has 160 valence electrons. The number of rotatable bonds is 9. The minimum Gasteiger partial charge on any atom is -0.477 e. The molecule has 0 amide bonds. The Morgan fingerprint density at radius 1 is 1.07 bits per heavy atom. The van der Waals surface area contributed by atoms with E-state index in [0.29, 0.717) is 10.8 Å². The van der Waals surface area contributed by atoms with E-state index < -0.39 is 5.97 Å². The van der Waals surface area contributed by atoms with Crippen molar-refractivity contribution in [2.45, 2.75) is 85.7 Å². The fourth-order valence-electron chi connectivity index (χ4n) is 3.73. The van der Waals surface area contributed by atoms with Gasteiger partial charge in [0.2, 0.25) is 0 Å². The number of carbonyl (C=O) groups is 1. The summed E-state index contributed by atoms with van der Waals surface area (Å²) in [5.74, 6) is -0.426. The Hall–Kier alpha value is -1.65. The van der Waals surface area contributed by atoms with E-state index in [1.165, 1.54) is 32.9 Å². The van der Waals surface area contributed by atoms with E-state index in [0.717, 1.165) is 37.7 Å². The summed E-state index contributed by atoms with van der Waals surface area (Å²) >= 11 is 1.43. The zero-order valence-electron chi connectivity index (χ0n) is 18.7.